The van der Waals surface area contributed by atoms with Crippen LogP contribution < -0.4 is 10.1 Å². The quantitative estimate of drug-likeness (QED) is 0.775. The number of ether oxygens (including phenoxy) is 1. The minimum absolute atomic E-state index is 0.0712. The van der Waals surface area contributed by atoms with E-state index < -0.39 is 6.04 Å². The average Bonchev–Trinajstić information content (AvgIpc) is 2.89. The van der Waals surface area contributed by atoms with Gasteiger partial charge in [0.25, 0.3) is 5.91 Å². The van der Waals surface area contributed by atoms with Gasteiger partial charge in [-0.25, -0.2) is 0 Å². The van der Waals surface area contributed by atoms with E-state index in [1.54, 1.807) is 12.0 Å². The van der Waals surface area contributed by atoms with Crippen molar-refractivity contribution in [2.45, 2.75) is 57.2 Å². The largest absolute Gasteiger partial charge is 0.497 e. The molecule has 1 aliphatic heterocycles. The number of benzene rings is 2. The summed E-state index contributed by atoms with van der Waals surface area (Å²) in [6, 6.07) is 14.7. The molecule has 0 unspecified atom stereocenters. The van der Waals surface area contributed by atoms with Crippen molar-refractivity contribution in [3.05, 3.63) is 65.2 Å². The number of nitrogens with zero attached hydrogens (tertiary/aromatic N) is 1. The Bertz CT molecular complexity index is 887. The van der Waals surface area contributed by atoms with Crippen molar-refractivity contribution in [1.29, 1.82) is 0 Å². The van der Waals surface area contributed by atoms with Crippen molar-refractivity contribution < 1.29 is 14.3 Å². The molecule has 5 nitrogen and oxygen atoms in total. The van der Waals surface area contributed by atoms with Crippen LogP contribution in [0.3, 0.4) is 0 Å². The molecule has 0 spiro atoms. The number of fused-ring (bicyclic) bond motifs is 1. The Morgan fingerprint density at radius 1 is 1.07 bits per heavy atom. The van der Waals surface area contributed by atoms with Crippen molar-refractivity contribution in [3.8, 4) is 5.75 Å². The number of carbonyl (C=O) groups excluding carboxylic acids is 2. The summed E-state index contributed by atoms with van der Waals surface area (Å²) in [5, 5.41) is 3.24. The van der Waals surface area contributed by atoms with Crippen LogP contribution >= 0.6 is 0 Å². The molecule has 2 amide bonds. The zero-order valence-corrected chi connectivity index (χ0v) is 16.9. The van der Waals surface area contributed by atoms with Gasteiger partial charge in [-0.05, 0) is 42.2 Å². The molecule has 0 bridgehead atoms. The van der Waals surface area contributed by atoms with Gasteiger partial charge in [0.1, 0.15) is 11.8 Å². The maximum atomic E-state index is 13.3. The zero-order valence-electron chi connectivity index (χ0n) is 16.9. The van der Waals surface area contributed by atoms with E-state index >= 15 is 0 Å². The molecule has 1 N–H and O–H groups in total. The van der Waals surface area contributed by atoms with E-state index in [0.29, 0.717) is 12.1 Å². The number of carbonyl (C=O) groups is 2. The van der Waals surface area contributed by atoms with Crippen LogP contribution in [0.5, 0.6) is 5.75 Å². The number of methoxy groups -OCH3 is 1. The minimum Gasteiger partial charge on any atom is -0.497 e. The molecule has 1 heterocycles. The summed E-state index contributed by atoms with van der Waals surface area (Å²) in [6.45, 7) is 0.369. The van der Waals surface area contributed by atoms with E-state index in [0.717, 1.165) is 42.6 Å². The first kappa shape index (κ1) is 19.5. The maximum Gasteiger partial charge on any atom is 0.255 e. The minimum atomic E-state index is -0.590. The molecule has 4 rings (SSSR count). The van der Waals surface area contributed by atoms with Crippen LogP contribution in [0, 0.1) is 0 Å². The van der Waals surface area contributed by atoms with Gasteiger partial charge >= 0.3 is 0 Å². The molecule has 152 valence electrons. The second-order valence-electron chi connectivity index (χ2n) is 7.97. The first-order valence-corrected chi connectivity index (χ1v) is 10.5. The van der Waals surface area contributed by atoms with E-state index in [1.165, 1.54) is 12.8 Å². The van der Waals surface area contributed by atoms with Gasteiger partial charge in [0, 0.05) is 18.2 Å². The molecule has 1 aliphatic carbocycles. The molecule has 1 atom stereocenters. The van der Waals surface area contributed by atoms with E-state index in [4.69, 9.17) is 4.74 Å². The van der Waals surface area contributed by atoms with E-state index in [2.05, 4.69) is 5.32 Å². The predicted octanol–water partition coefficient (Wildman–Crippen LogP) is 4.23. The van der Waals surface area contributed by atoms with E-state index in [9.17, 15) is 9.59 Å². The highest BCUT2D eigenvalue weighted by atomic mass is 16.5. The normalized spacial score (nSPS) is 19.6. The Hall–Kier alpha value is -2.82. The smallest absolute Gasteiger partial charge is 0.255 e. The zero-order chi connectivity index (χ0) is 20.2. The van der Waals surface area contributed by atoms with Crippen molar-refractivity contribution >= 4 is 11.8 Å². The Morgan fingerprint density at radius 3 is 2.59 bits per heavy atom. The van der Waals surface area contributed by atoms with Gasteiger partial charge in [-0.2, -0.15) is 0 Å². The summed E-state index contributed by atoms with van der Waals surface area (Å²) >= 11 is 0. The van der Waals surface area contributed by atoms with Crippen molar-refractivity contribution in [1.82, 2.24) is 10.2 Å². The number of rotatable bonds is 5. The van der Waals surface area contributed by atoms with Crippen LogP contribution in [0.2, 0.25) is 0 Å². The summed E-state index contributed by atoms with van der Waals surface area (Å²) in [5.41, 5.74) is 2.36. The third-order valence-electron chi connectivity index (χ3n) is 6.00. The highest BCUT2D eigenvalue weighted by Crippen LogP contribution is 2.35. The molecule has 2 aromatic rings. The first-order chi connectivity index (χ1) is 14.2. The molecular weight excluding hydrogens is 364 g/mol. The summed E-state index contributed by atoms with van der Waals surface area (Å²) in [7, 11) is 1.62. The monoisotopic (exact) mass is 392 g/mol. The number of hydrogen-bond donors (Lipinski definition) is 1. The third kappa shape index (κ3) is 4.14. The predicted molar refractivity (Wildman–Crippen MR) is 112 cm³/mol. The van der Waals surface area contributed by atoms with Crippen LogP contribution in [-0.4, -0.2) is 29.9 Å². The molecule has 1 fully saturated rings. The fourth-order valence-electron chi connectivity index (χ4n) is 4.49. The third-order valence-corrected chi connectivity index (χ3v) is 6.00. The highest BCUT2D eigenvalue weighted by molar-refractivity contribution is 6.04. The Morgan fingerprint density at radius 2 is 1.83 bits per heavy atom. The van der Waals surface area contributed by atoms with Crippen molar-refractivity contribution in [2.24, 2.45) is 0 Å². The van der Waals surface area contributed by atoms with Gasteiger partial charge in [0.05, 0.1) is 7.11 Å². The van der Waals surface area contributed by atoms with Gasteiger partial charge in [-0.15, -0.1) is 0 Å². The van der Waals surface area contributed by atoms with Gasteiger partial charge in [-0.3, -0.25) is 9.59 Å². The lowest BCUT2D eigenvalue weighted by atomic mass is 10.0. The summed E-state index contributed by atoms with van der Waals surface area (Å²) in [4.78, 5) is 28.1. The lowest BCUT2D eigenvalue weighted by Crippen LogP contribution is -2.43. The second-order valence-corrected chi connectivity index (χ2v) is 7.97. The van der Waals surface area contributed by atoms with Crippen LogP contribution in [-0.2, 0) is 11.3 Å². The molecule has 0 aromatic heterocycles. The summed E-state index contributed by atoms with van der Waals surface area (Å²) < 4.78 is 5.31. The Labute approximate surface area is 172 Å². The lowest BCUT2D eigenvalue weighted by molar-refractivity contribution is -0.126. The lowest BCUT2D eigenvalue weighted by Gasteiger charge is -2.27. The summed E-state index contributed by atoms with van der Waals surface area (Å²) in [6.07, 6.45) is 6.81. The number of nitrogens with one attached hydrogen (secondary N) is 1. The van der Waals surface area contributed by atoms with Gasteiger partial charge in [-0.1, -0.05) is 56.0 Å². The molecule has 5 heteroatoms. The SMILES string of the molecule is COc1cccc(CN2C(=O)c3ccccc3[C@@H]2C(=O)NC2CCCCCC2)c1. The van der Waals surface area contributed by atoms with Crippen LogP contribution in [0.1, 0.15) is 66.1 Å². The molecule has 0 saturated heterocycles. The molecule has 0 radical (unpaired) electrons. The van der Waals surface area contributed by atoms with Crippen LogP contribution in [0.25, 0.3) is 0 Å². The maximum absolute atomic E-state index is 13.3. The standard InChI is InChI=1S/C24H28N2O3/c1-29-19-12-8-9-17(15-19)16-26-22(20-13-6-7-14-21(20)24(26)28)23(27)25-18-10-4-2-3-5-11-18/h6-9,12-15,18,22H,2-5,10-11,16H2,1H3,(H,25,27)/t22-/m1/s1. The number of amides is 2. The Balaban J connectivity index is 1.60. The van der Waals surface area contributed by atoms with E-state index in [-0.39, 0.29) is 17.9 Å². The molecule has 2 aromatic carbocycles. The van der Waals surface area contributed by atoms with Crippen LogP contribution in [0.15, 0.2) is 48.5 Å². The van der Waals surface area contributed by atoms with Gasteiger partial charge in [0.15, 0.2) is 0 Å². The highest BCUT2D eigenvalue weighted by Gasteiger charge is 2.41. The topological polar surface area (TPSA) is 58.6 Å². The fourth-order valence-corrected chi connectivity index (χ4v) is 4.49. The average molecular weight is 392 g/mol. The summed E-state index contributed by atoms with van der Waals surface area (Å²) in [5.74, 6) is 0.577. The molecule has 1 saturated carbocycles. The van der Waals surface area contributed by atoms with Crippen LogP contribution in [0.4, 0.5) is 0 Å². The first-order valence-electron chi connectivity index (χ1n) is 10.5. The molecular formula is C24H28N2O3. The van der Waals surface area contributed by atoms with Gasteiger partial charge in [0.2, 0.25) is 5.91 Å². The fraction of sp³-hybridized carbons (Fsp3) is 0.417. The second kappa shape index (κ2) is 8.68. The molecule has 2 aliphatic rings. The van der Waals surface area contributed by atoms with Crippen molar-refractivity contribution in [2.75, 3.05) is 7.11 Å². The van der Waals surface area contributed by atoms with Crippen molar-refractivity contribution in [3.63, 3.8) is 0 Å². The van der Waals surface area contributed by atoms with E-state index in [1.807, 2.05) is 48.5 Å². The number of hydrogen-bond acceptors (Lipinski definition) is 3. The Kier molecular flexibility index (Phi) is 5.84. The van der Waals surface area contributed by atoms with Gasteiger partial charge < -0.3 is 15.0 Å². The molecule has 29 heavy (non-hydrogen) atoms.